The lowest BCUT2D eigenvalue weighted by Crippen LogP contribution is -2.28. The van der Waals surface area contributed by atoms with Crippen LogP contribution in [0.4, 0.5) is 5.69 Å². The molecule has 0 spiro atoms. The fourth-order valence-corrected chi connectivity index (χ4v) is 1.71. The summed E-state index contributed by atoms with van der Waals surface area (Å²) in [6.45, 7) is 1.92. The summed E-state index contributed by atoms with van der Waals surface area (Å²) in [6.07, 6.45) is 5.24. The lowest BCUT2D eigenvalue weighted by atomic mass is 10.1. The molecule has 5 heteroatoms. The number of nitrogen functional groups attached to an aromatic ring is 1. The van der Waals surface area contributed by atoms with Crippen LogP contribution in [0.1, 0.15) is 24.2 Å². The minimum atomic E-state index is -0.0753. The number of rotatable bonds is 4. The Morgan fingerprint density at radius 1 is 1.37 bits per heavy atom. The maximum absolute atomic E-state index is 11.9. The summed E-state index contributed by atoms with van der Waals surface area (Å²) in [5.74, 6) is -0.0753. The van der Waals surface area contributed by atoms with Crippen LogP contribution in [0.15, 0.2) is 42.9 Å². The van der Waals surface area contributed by atoms with Gasteiger partial charge in [-0.05, 0) is 30.7 Å². The van der Waals surface area contributed by atoms with Gasteiger partial charge in [-0.3, -0.25) is 14.8 Å². The SMILES string of the molecule is CC(NC(=O)Cc1ccc(N)cn1)c1cccnc1. The van der Waals surface area contributed by atoms with Gasteiger partial charge in [0, 0.05) is 18.1 Å². The molecule has 5 nitrogen and oxygen atoms in total. The average Bonchev–Trinajstić information content (AvgIpc) is 2.42. The van der Waals surface area contributed by atoms with Crippen molar-refractivity contribution in [3.8, 4) is 0 Å². The minimum Gasteiger partial charge on any atom is -0.397 e. The molecule has 1 unspecified atom stereocenters. The van der Waals surface area contributed by atoms with Gasteiger partial charge in [0.2, 0.25) is 5.91 Å². The van der Waals surface area contributed by atoms with Crippen molar-refractivity contribution >= 4 is 11.6 Å². The summed E-state index contributed by atoms with van der Waals surface area (Å²) < 4.78 is 0. The lowest BCUT2D eigenvalue weighted by Gasteiger charge is -2.13. The maximum Gasteiger partial charge on any atom is 0.226 e. The molecule has 0 saturated heterocycles. The molecule has 1 atom stereocenters. The zero-order valence-corrected chi connectivity index (χ0v) is 10.7. The monoisotopic (exact) mass is 256 g/mol. The molecule has 2 rings (SSSR count). The first kappa shape index (κ1) is 13.0. The Balaban J connectivity index is 1.93. The molecule has 0 aliphatic heterocycles. The Hall–Kier alpha value is -2.43. The van der Waals surface area contributed by atoms with Gasteiger partial charge in [0.15, 0.2) is 0 Å². The quantitative estimate of drug-likeness (QED) is 0.868. The number of pyridine rings is 2. The number of hydrogen-bond acceptors (Lipinski definition) is 4. The summed E-state index contributed by atoms with van der Waals surface area (Å²) in [4.78, 5) is 20.0. The van der Waals surface area contributed by atoms with Crippen molar-refractivity contribution in [3.05, 3.63) is 54.1 Å². The summed E-state index contributed by atoms with van der Waals surface area (Å²) in [5, 5.41) is 2.91. The summed E-state index contributed by atoms with van der Waals surface area (Å²) in [6, 6.07) is 7.19. The molecule has 0 saturated carbocycles. The van der Waals surface area contributed by atoms with Crippen molar-refractivity contribution in [1.29, 1.82) is 0 Å². The summed E-state index contributed by atoms with van der Waals surface area (Å²) in [7, 11) is 0. The first-order valence-electron chi connectivity index (χ1n) is 6.05. The molecule has 0 aromatic carbocycles. The van der Waals surface area contributed by atoms with Crippen molar-refractivity contribution in [2.45, 2.75) is 19.4 Å². The predicted octanol–water partition coefficient (Wildman–Crippen LogP) is 1.48. The second kappa shape index (κ2) is 5.95. The molecule has 2 aromatic rings. The highest BCUT2D eigenvalue weighted by atomic mass is 16.1. The van der Waals surface area contributed by atoms with Crippen molar-refractivity contribution < 1.29 is 4.79 Å². The van der Waals surface area contributed by atoms with E-state index in [1.54, 1.807) is 30.7 Å². The first-order chi connectivity index (χ1) is 9.15. The van der Waals surface area contributed by atoms with E-state index in [1.807, 2.05) is 19.1 Å². The standard InChI is InChI=1S/C14H16N4O/c1-10(11-3-2-6-16-8-11)18-14(19)7-13-5-4-12(15)9-17-13/h2-6,8-10H,7,15H2,1H3,(H,18,19). The normalized spacial score (nSPS) is 11.8. The molecule has 0 radical (unpaired) electrons. The number of nitrogens with zero attached hydrogens (tertiary/aromatic N) is 2. The summed E-state index contributed by atoms with van der Waals surface area (Å²) >= 11 is 0. The van der Waals surface area contributed by atoms with Gasteiger partial charge in [0.05, 0.1) is 24.3 Å². The third kappa shape index (κ3) is 3.77. The number of anilines is 1. The molecule has 2 heterocycles. The van der Waals surface area contributed by atoms with Crippen molar-refractivity contribution in [2.24, 2.45) is 0 Å². The maximum atomic E-state index is 11.9. The zero-order chi connectivity index (χ0) is 13.7. The molecule has 98 valence electrons. The highest BCUT2D eigenvalue weighted by molar-refractivity contribution is 5.78. The van der Waals surface area contributed by atoms with Crippen molar-refractivity contribution in [2.75, 3.05) is 5.73 Å². The van der Waals surface area contributed by atoms with E-state index in [0.29, 0.717) is 11.4 Å². The fourth-order valence-electron chi connectivity index (χ4n) is 1.71. The van der Waals surface area contributed by atoms with Crippen LogP contribution in [0, 0.1) is 0 Å². The van der Waals surface area contributed by atoms with E-state index in [4.69, 9.17) is 5.73 Å². The van der Waals surface area contributed by atoms with Crippen LogP contribution < -0.4 is 11.1 Å². The lowest BCUT2D eigenvalue weighted by molar-refractivity contribution is -0.121. The molecular weight excluding hydrogens is 240 g/mol. The molecule has 0 aliphatic rings. The van der Waals surface area contributed by atoms with Crippen LogP contribution in [-0.2, 0) is 11.2 Å². The molecule has 2 aromatic heterocycles. The average molecular weight is 256 g/mol. The fraction of sp³-hybridized carbons (Fsp3) is 0.214. The Bertz CT molecular complexity index is 539. The van der Waals surface area contributed by atoms with E-state index in [2.05, 4.69) is 15.3 Å². The zero-order valence-electron chi connectivity index (χ0n) is 10.7. The van der Waals surface area contributed by atoms with E-state index in [-0.39, 0.29) is 18.4 Å². The van der Waals surface area contributed by atoms with Crippen molar-refractivity contribution in [3.63, 3.8) is 0 Å². The summed E-state index contributed by atoms with van der Waals surface area (Å²) in [5.41, 5.74) is 7.81. The van der Waals surface area contributed by atoms with Gasteiger partial charge < -0.3 is 11.1 Å². The van der Waals surface area contributed by atoms with Crippen LogP contribution in [0.3, 0.4) is 0 Å². The predicted molar refractivity (Wildman–Crippen MR) is 73.1 cm³/mol. The van der Waals surface area contributed by atoms with Gasteiger partial charge in [0.1, 0.15) is 0 Å². The number of carbonyl (C=O) groups excluding carboxylic acids is 1. The van der Waals surface area contributed by atoms with Crippen LogP contribution in [0.25, 0.3) is 0 Å². The van der Waals surface area contributed by atoms with E-state index in [1.165, 1.54) is 0 Å². The van der Waals surface area contributed by atoms with Crippen LogP contribution in [0.2, 0.25) is 0 Å². The molecule has 19 heavy (non-hydrogen) atoms. The Morgan fingerprint density at radius 2 is 2.21 bits per heavy atom. The smallest absolute Gasteiger partial charge is 0.226 e. The highest BCUT2D eigenvalue weighted by Gasteiger charge is 2.10. The third-order valence-electron chi connectivity index (χ3n) is 2.75. The molecule has 3 N–H and O–H groups in total. The minimum absolute atomic E-state index is 0.0741. The van der Waals surface area contributed by atoms with E-state index >= 15 is 0 Å². The molecule has 0 bridgehead atoms. The number of nitrogens with one attached hydrogen (secondary N) is 1. The number of aromatic nitrogens is 2. The van der Waals surface area contributed by atoms with Gasteiger partial charge in [-0.2, -0.15) is 0 Å². The highest BCUT2D eigenvalue weighted by Crippen LogP contribution is 2.10. The first-order valence-corrected chi connectivity index (χ1v) is 6.05. The van der Waals surface area contributed by atoms with Gasteiger partial charge in [-0.25, -0.2) is 0 Å². The Morgan fingerprint density at radius 3 is 2.84 bits per heavy atom. The second-order valence-electron chi connectivity index (χ2n) is 4.34. The van der Waals surface area contributed by atoms with Gasteiger partial charge in [0.25, 0.3) is 0 Å². The van der Waals surface area contributed by atoms with Gasteiger partial charge >= 0.3 is 0 Å². The van der Waals surface area contributed by atoms with E-state index < -0.39 is 0 Å². The Kier molecular flexibility index (Phi) is 4.07. The van der Waals surface area contributed by atoms with Gasteiger partial charge in [-0.15, -0.1) is 0 Å². The second-order valence-corrected chi connectivity index (χ2v) is 4.34. The van der Waals surface area contributed by atoms with E-state index in [9.17, 15) is 4.79 Å². The molecule has 0 aliphatic carbocycles. The molecule has 1 amide bonds. The van der Waals surface area contributed by atoms with E-state index in [0.717, 1.165) is 5.56 Å². The van der Waals surface area contributed by atoms with Crippen LogP contribution in [-0.4, -0.2) is 15.9 Å². The Labute approximate surface area is 111 Å². The number of carbonyl (C=O) groups is 1. The van der Waals surface area contributed by atoms with Gasteiger partial charge in [-0.1, -0.05) is 6.07 Å². The largest absolute Gasteiger partial charge is 0.397 e. The van der Waals surface area contributed by atoms with Crippen LogP contribution in [0.5, 0.6) is 0 Å². The molecule has 0 fully saturated rings. The topological polar surface area (TPSA) is 80.9 Å². The number of nitrogens with two attached hydrogens (primary N) is 1. The molecular formula is C14H16N4O. The van der Waals surface area contributed by atoms with Crippen LogP contribution >= 0.6 is 0 Å². The number of hydrogen-bond donors (Lipinski definition) is 2. The number of amides is 1. The third-order valence-corrected chi connectivity index (χ3v) is 2.75. The van der Waals surface area contributed by atoms with Crippen molar-refractivity contribution in [1.82, 2.24) is 15.3 Å².